The van der Waals surface area contributed by atoms with Crippen LogP contribution in [0.25, 0.3) is 32.8 Å². The van der Waals surface area contributed by atoms with Crippen molar-refractivity contribution in [3.8, 4) is 11.3 Å². The topological polar surface area (TPSA) is 71.8 Å². The molecular weight excluding hydrogens is 698 g/mol. The van der Waals surface area contributed by atoms with Crippen LogP contribution in [-0.2, 0) is 42.1 Å². The van der Waals surface area contributed by atoms with Gasteiger partial charge >= 0.3 is 31.3 Å². The number of rotatable bonds is 1. The van der Waals surface area contributed by atoms with Gasteiger partial charge in [0.2, 0.25) is 0 Å². The maximum Gasteiger partial charge on any atom is 2.00 e. The molecular formula is C33H31N3O2PtS. The molecule has 1 aromatic heterocycles. The Morgan fingerprint density at radius 3 is 2.05 bits per heavy atom. The summed E-state index contributed by atoms with van der Waals surface area (Å²) in [5, 5.41) is 4.32. The molecule has 0 saturated heterocycles. The van der Waals surface area contributed by atoms with E-state index in [1.165, 1.54) is 0 Å². The zero-order valence-electron chi connectivity index (χ0n) is 23.4. The fourth-order valence-electron chi connectivity index (χ4n) is 4.54. The molecule has 7 heteroatoms. The van der Waals surface area contributed by atoms with E-state index < -0.39 is 10.2 Å². The molecule has 0 spiro atoms. The average molecular weight is 729 g/mol. The second kappa shape index (κ2) is 11.0. The minimum Gasteiger partial charge on any atom is -0.305 e. The first kappa shape index (κ1) is 29.8. The SMILES string of the molecule is CC(C)(C)c1[c-]c2c3c(c4cc(C(C)(C)C)ccc4c2cc1)=NS(=O)(=O)N=3.[Pt+2].[c-]1ccccc1-c1ccccn1. The van der Waals surface area contributed by atoms with E-state index >= 15 is 0 Å². The van der Waals surface area contributed by atoms with E-state index in [4.69, 9.17) is 0 Å². The van der Waals surface area contributed by atoms with E-state index in [1.807, 2.05) is 54.6 Å². The maximum absolute atomic E-state index is 12.2. The van der Waals surface area contributed by atoms with Crippen LogP contribution in [0.2, 0.25) is 0 Å². The Bertz CT molecular complexity index is 1790. The second-order valence-corrected chi connectivity index (χ2v) is 13.0. The van der Waals surface area contributed by atoms with Gasteiger partial charge in [-0.15, -0.1) is 65.0 Å². The summed E-state index contributed by atoms with van der Waals surface area (Å²) in [5.74, 6) is 0. The molecule has 0 amide bonds. The Morgan fingerprint density at radius 2 is 1.43 bits per heavy atom. The summed E-state index contributed by atoms with van der Waals surface area (Å²) in [5.41, 5.74) is 4.01. The zero-order valence-corrected chi connectivity index (χ0v) is 26.5. The van der Waals surface area contributed by atoms with Gasteiger partial charge in [0.15, 0.2) is 0 Å². The zero-order chi connectivity index (χ0) is 28.0. The van der Waals surface area contributed by atoms with E-state index in [-0.39, 0.29) is 31.9 Å². The van der Waals surface area contributed by atoms with Gasteiger partial charge < -0.3 is 4.98 Å². The minimum atomic E-state index is -3.85. The molecule has 0 fully saturated rings. The summed E-state index contributed by atoms with van der Waals surface area (Å²) in [6.07, 6.45) is 1.79. The third-order valence-corrected chi connectivity index (χ3v) is 7.54. The molecule has 1 aliphatic rings. The first-order valence-corrected chi connectivity index (χ1v) is 14.3. The monoisotopic (exact) mass is 728 g/mol. The quantitative estimate of drug-likeness (QED) is 0.148. The number of nitrogens with zero attached hydrogens (tertiary/aromatic N) is 3. The largest absolute Gasteiger partial charge is 2.00 e. The van der Waals surface area contributed by atoms with Gasteiger partial charge in [0.1, 0.15) is 0 Å². The summed E-state index contributed by atoms with van der Waals surface area (Å²) in [6.45, 7) is 12.7. The molecule has 4 aromatic carbocycles. The summed E-state index contributed by atoms with van der Waals surface area (Å²) < 4.78 is 32.3. The van der Waals surface area contributed by atoms with Gasteiger partial charge in [-0.3, -0.25) is 0 Å². The Labute approximate surface area is 250 Å². The van der Waals surface area contributed by atoms with Crippen LogP contribution in [0.4, 0.5) is 0 Å². The van der Waals surface area contributed by atoms with Crippen molar-refractivity contribution in [2.45, 2.75) is 52.4 Å². The standard InChI is InChI=1S/C22H23N2O2S.C11H8N.Pt/c1-21(2,3)13-7-9-15-16-10-8-14(22(4,5)6)12-18(16)20-19(17(15)11-13)23-27(25,26)24-20;1-2-6-10(7-3-1)11-8-4-5-9-12-11;/h7-11H,1-6H3;1-6,8-9H;/q2*-1;+2. The van der Waals surface area contributed by atoms with Crippen LogP contribution in [0, 0.1) is 12.1 Å². The van der Waals surface area contributed by atoms with Gasteiger partial charge in [0, 0.05) is 11.6 Å². The van der Waals surface area contributed by atoms with Crippen LogP contribution in [0.3, 0.4) is 0 Å². The van der Waals surface area contributed by atoms with E-state index in [0.29, 0.717) is 10.7 Å². The van der Waals surface area contributed by atoms with E-state index in [9.17, 15) is 8.42 Å². The predicted molar refractivity (Wildman–Crippen MR) is 157 cm³/mol. The summed E-state index contributed by atoms with van der Waals surface area (Å²) >= 11 is 0. The van der Waals surface area contributed by atoms with Crippen LogP contribution in [0.15, 0.2) is 87.8 Å². The van der Waals surface area contributed by atoms with Gasteiger partial charge in [0.25, 0.3) is 0 Å². The number of hydrogen-bond acceptors (Lipinski definition) is 3. The molecule has 40 heavy (non-hydrogen) atoms. The fraction of sp³-hybridized carbons (Fsp3) is 0.242. The van der Waals surface area contributed by atoms with E-state index in [1.54, 1.807) is 6.20 Å². The first-order chi connectivity index (χ1) is 18.3. The van der Waals surface area contributed by atoms with Crippen LogP contribution >= 0.6 is 0 Å². The van der Waals surface area contributed by atoms with E-state index in [0.717, 1.165) is 43.9 Å². The molecule has 0 saturated carbocycles. The number of pyridine rings is 1. The number of hydrogen-bond donors (Lipinski definition) is 0. The van der Waals surface area contributed by atoms with Crippen molar-refractivity contribution in [2.24, 2.45) is 8.80 Å². The Kier molecular flexibility index (Phi) is 8.17. The van der Waals surface area contributed by atoms with Crippen molar-refractivity contribution in [3.63, 3.8) is 0 Å². The second-order valence-electron chi connectivity index (χ2n) is 11.7. The van der Waals surface area contributed by atoms with Crippen molar-refractivity contribution in [1.82, 2.24) is 4.98 Å². The molecule has 0 N–H and O–H groups in total. The third kappa shape index (κ3) is 6.09. The number of benzene rings is 4. The smallest absolute Gasteiger partial charge is 0.305 e. The average Bonchev–Trinajstić information content (AvgIpc) is 3.24. The normalized spacial score (nSPS) is 13.8. The van der Waals surface area contributed by atoms with Crippen LogP contribution in [-0.4, -0.2) is 13.4 Å². The molecule has 0 aliphatic carbocycles. The third-order valence-electron chi connectivity index (χ3n) is 6.71. The van der Waals surface area contributed by atoms with Crippen molar-refractivity contribution >= 4 is 31.8 Å². The fourth-order valence-corrected chi connectivity index (χ4v) is 5.40. The van der Waals surface area contributed by atoms with Crippen molar-refractivity contribution in [1.29, 1.82) is 0 Å². The summed E-state index contributed by atoms with van der Waals surface area (Å²) in [6, 6.07) is 30.6. The van der Waals surface area contributed by atoms with Gasteiger partial charge in [0.05, 0.1) is 5.36 Å². The van der Waals surface area contributed by atoms with Gasteiger partial charge in [-0.25, -0.2) is 0 Å². The van der Waals surface area contributed by atoms with Gasteiger partial charge in [-0.2, -0.15) is 17.2 Å². The molecule has 0 bridgehead atoms. The van der Waals surface area contributed by atoms with Gasteiger partial charge in [-0.1, -0.05) is 76.6 Å². The molecule has 0 atom stereocenters. The Hall–Kier alpha value is -3.21. The Balaban J connectivity index is 0.000000238. The molecule has 0 radical (unpaired) electrons. The van der Waals surface area contributed by atoms with Crippen molar-refractivity contribution in [2.75, 3.05) is 0 Å². The molecule has 206 valence electrons. The van der Waals surface area contributed by atoms with Crippen LogP contribution in [0.1, 0.15) is 52.7 Å². The van der Waals surface area contributed by atoms with Crippen molar-refractivity contribution in [3.05, 3.63) is 113 Å². The summed E-state index contributed by atoms with van der Waals surface area (Å²) in [7, 11) is -3.85. The molecule has 5 aromatic rings. The predicted octanol–water partition coefficient (Wildman–Crippen LogP) is 6.43. The molecule has 6 rings (SSSR count). The molecule has 0 unspecified atom stereocenters. The van der Waals surface area contributed by atoms with Gasteiger partial charge in [-0.05, 0) is 39.6 Å². The molecule has 1 aliphatic heterocycles. The number of fused-ring (bicyclic) bond motifs is 6. The van der Waals surface area contributed by atoms with Crippen LogP contribution in [0.5, 0.6) is 0 Å². The van der Waals surface area contributed by atoms with Crippen molar-refractivity contribution < 1.29 is 29.5 Å². The maximum atomic E-state index is 12.2. The minimum absolute atomic E-state index is 0. The van der Waals surface area contributed by atoms with Crippen LogP contribution < -0.4 is 10.7 Å². The summed E-state index contributed by atoms with van der Waals surface area (Å²) in [4.78, 5) is 4.22. The van der Waals surface area contributed by atoms with E-state index in [2.05, 4.69) is 85.7 Å². The molecule has 5 nitrogen and oxygen atoms in total. The first-order valence-electron chi connectivity index (χ1n) is 12.9. The Morgan fingerprint density at radius 1 is 0.725 bits per heavy atom. The number of aromatic nitrogens is 1. The molecule has 2 heterocycles.